The maximum absolute atomic E-state index is 10.6. The van der Waals surface area contributed by atoms with Gasteiger partial charge in [-0.1, -0.05) is 0 Å². The molecule has 1 aromatic rings. The lowest BCUT2D eigenvalue weighted by Gasteiger charge is -1.94. The molecular formula is C6H9N3OS. The minimum atomic E-state index is -0.153. The van der Waals surface area contributed by atoms with Crippen molar-refractivity contribution in [1.29, 1.82) is 0 Å². The number of aromatic nitrogens is 1. The van der Waals surface area contributed by atoms with Crippen molar-refractivity contribution in [2.24, 2.45) is 5.84 Å². The lowest BCUT2D eigenvalue weighted by Crippen LogP contribution is -2.30. The summed E-state index contributed by atoms with van der Waals surface area (Å²) in [6.45, 7) is 0. The van der Waals surface area contributed by atoms with Crippen molar-refractivity contribution < 1.29 is 4.79 Å². The first-order valence-electron chi connectivity index (χ1n) is 3.20. The number of hydrogen-bond donors (Lipinski definition) is 2. The van der Waals surface area contributed by atoms with Gasteiger partial charge in [-0.3, -0.25) is 10.2 Å². The lowest BCUT2D eigenvalue weighted by atomic mass is 10.3. The quantitative estimate of drug-likeness (QED) is 0.384. The molecule has 0 unspecified atom stereocenters. The van der Waals surface area contributed by atoms with Crippen LogP contribution >= 0.6 is 11.3 Å². The van der Waals surface area contributed by atoms with E-state index in [4.69, 9.17) is 5.84 Å². The summed E-state index contributed by atoms with van der Waals surface area (Å²) in [7, 11) is 0. The number of nitrogens with zero attached hydrogens (tertiary/aromatic N) is 1. The highest BCUT2D eigenvalue weighted by Crippen LogP contribution is 2.05. The summed E-state index contributed by atoms with van der Waals surface area (Å²) in [5.41, 5.74) is 2.07. The normalized spacial score (nSPS) is 9.55. The van der Waals surface area contributed by atoms with Gasteiger partial charge in [0.2, 0.25) is 5.91 Å². The van der Waals surface area contributed by atoms with E-state index in [-0.39, 0.29) is 5.91 Å². The van der Waals surface area contributed by atoms with E-state index >= 15 is 0 Å². The molecule has 1 heterocycles. The van der Waals surface area contributed by atoms with Crippen LogP contribution in [0.1, 0.15) is 11.4 Å². The SMILES string of the molecule is NNC(=O)CCc1nccs1. The zero-order valence-electron chi connectivity index (χ0n) is 5.91. The van der Waals surface area contributed by atoms with Crippen LogP contribution in [0.2, 0.25) is 0 Å². The van der Waals surface area contributed by atoms with Crippen LogP contribution in [-0.2, 0) is 11.2 Å². The highest BCUT2D eigenvalue weighted by Gasteiger charge is 2.00. The Morgan fingerprint density at radius 2 is 2.64 bits per heavy atom. The number of hydrogen-bond acceptors (Lipinski definition) is 4. The van der Waals surface area contributed by atoms with E-state index in [1.54, 1.807) is 17.5 Å². The average molecular weight is 171 g/mol. The molecule has 0 saturated carbocycles. The van der Waals surface area contributed by atoms with Gasteiger partial charge < -0.3 is 0 Å². The van der Waals surface area contributed by atoms with Crippen molar-refractivity contribution in [3.05, 3.63) is 16.6 Å². The van der Waals surface area contributed by atoms with Gasteiger partial charge in [-0.05, 0) is 0 Å². The summed E-state index contributed by atoms with van der Waals surface area (Å²) < 4.78 is 0. The van der Waals surface area contributed by atoms with Crippen LogP contribution in [0, 0.1) is 0 Å². The second kappa shape index (κ2) is 4.05. The van der Waals surface area contributed by atoms with E-state index in [1.807, 2.05) is 5.38 Å². The van der Waals surface area contributed by atoms with Gasteiger partial charge in [-0.2, -0.15) is 0 Å². The Morgan fingerprint density at radius 1 is 1.82 bits per heavy atom. The molecule has 3 N–H and O–H groups in total. The minimum absolute atomic E-state index is 0.153. The molecule has 1 amide bonds. The van der Waals surface area contributed by atoms with Crippen LogP contribution in [0.25, 0.3) is 0 Å². The zero-order chi connectivity index (χ0) is 8.10. The molecule has 0 aliphatic carbocycles. The molecule has 1 aromatic heterocycles. The van der Waals surface area contributed by atoms with Crippen molar-refractivity contribution in [2.75, 3.05) is 0 Å². The van der Waals surface area contributed by atoms with E-state index in [1.165, 1.54) is 0 Å². The van der Waals surface area contributed by atoms with Gasteiger partial charge in [0.1, 0.15) is 0 Å². The molecule has 0 aromatic carbocycles. The van der Waals surface area contributed by atoms with Crippen molar-refractivity contribution in [3.8, 4) is 0 Å². The molecule has 0 radical (unpaired) electrons. The van der Waals surface area contributed by atoms with E-state index in [0.29, 0.717) is 12.8 Å². The fraction of sp³-hybridized carbons (Fsp3) is 0.333. The summed E-state index contributed by atoms with van der Waals surface area (Å²) >= 11 is 1.54. The third-order valence-electron chi connectivity index (χ3n) is 1.21. The molecule has 0 fully saturated rings. The predicted octanol–water partition coefficient (Wildman–Crippen LogP) is 0.0656. The van der Waals surface area contributed by atoms with Gasteiger partial charge in [0.15, 0.2) is 0 Å². The molecule has 4 nitrogen and oxygen atoms in total. The summed E-state index contributed by atoms with van der Waals surface area (Å²) in [5, 5.41) is 2.85. The first-order valence-corrected chi connectivity index (χ1v) is 4.08. The molecule has 0 aliphatic heterocycles. The number of carbonyl (C=O) groups is 1. The molecule has 0 aliphatic rings. The second-order valence-corrected chi connectivity index (χ2v) is 2.97. The number of thiazole rings is 1. The van der Waals surface area contributed by atoms with Gasteiger partial charge in [0.25, 0.3) is 0 Å². The van der Waals surface area contributed by atoms with Crippen LogP contribution in [0.4, 0.5) is 0 Å². The van der Waals surface area contributed by atoms with Gasteiger partial charge >= 0.3 is 0 Å². The molecule has 0 atom stereocenters. The average Bonchev–Trinajstić information content (AvgIpc) is 2.52. The summed E-state index contributed by atoms with van der Waals surface area (Å²) in [5.74, 6) is 4.74. The Labute approximate surface area is 68.4 Å². The van der Waals surface area contributed by atoms with Crippen LogP contribution in [0.3, 0.4) is 0 Å². The summed E-state index contributed by atoms with van der Waals surface area (Å²) in [6.07, 6.45) is 2.80. The molecule has 0 bridgehead atoms. The number of nitrogens with two attached hydrogens (primary N) is 1. The van der Waals surface area contributed by atoms with Crippen molar-refractivity contribution >= 4 is 17.2 Å². The number of aryl methyl sites for hydroxylation is 1. The first-order chi connectivity index (χ1) is 5.33. The Kier molecular flexibility index (Phi) is 3.00. The van der Waals surface area contributed by atoms with Crippen molar-refractivity contribution in [2.45, 2.75) is 12.8 Å². The van der Waals surface area contributed by atoms with Crippen LogP contribution in [0.5, 0.6) is 0 Å². The monoisotopic (exact) mass is 171 g/mol. The molecule has 0 saturated heterocycles. The van der Waals surface area contributed by atoms with Gasteiger partial charge in [0.05, 0.1) is 5.01 Å². The smallest absolute Gasteiger partial charge is 0.234 e. The minimum Gasteiger partial charge on any atom is -0.294 e. The van der Waals surface area contributed by atoms with E-state index < -0.39 is 0 Å². The van der Waals surface area contributed by atoms with E-state index in [0.717, 1.165) is 5.01 Å². The molecule has 11 heavy (non-hydrogen) atoms. The fourth-order valence-electron chi connectivity index (χ4n) is 0.669. The van der Waals surface area contributed by atoms with Gasteiger partial charge in [0, 0.05) is 24.4 Å². The van der Waals surface area contributed by atoms with Crippen LogP contribution < -0.4 is 11.3 Å². The van der Waals surface area contributed by atoms with Gasteiger partial charge in [-0.25, -0.2) is 10.8 Å². The van der Waals surface area contributed by atoms with Crippen LogP contribution in [-0.4, -0.2) is 10.9 Å². The van der Waals surface area contributed by atoms with E-state index in [9.17, 15) is 4.79 Å². The molecule has 60 valence electrons. The maximum atomic E-state index is 10.6. The van der Waals surface area contributed by atoms with Crippen LogP contribution in [0.15, 0.2) is 11.6 Å². The number of carbonyl (C=O) groups excluding carboxylic acids is 1. The lowest BCUT2D eigenvalue weighted by molar-refractivity contribution is -0.121. The highest BCUT2D eigenvalue weighted by molar-refractivity contribution is 7.09. The Morgan fingerprint density at radius 3 is 3.18 bits per heavy atom. The third-order valence-corrected chi connectivity index (χ3v) is 2.05. The first kappa shape index (κ1) is 8.16. The topological polar surface area (TPSA) is 68.0 Å². The van der Waals surface area contributed by atoms with Gasteiger partial charge in [-0.15, -0.1) is 11.3 Å². The fourth-order valence-corrected chi connectivity index (χ4v) is 1.29. The molecular weight excluding hydrogens is 162 g/mol. The highest BCUT2D eigenvalue weighted by atomic mass is 32.1. The third kappa shape index (κ3) is 2.65. The molecule has 1 rings (SSSR count). The maximum Gasteiger partial charge on any atom is 0.234 e. The van der Waals surface area contributed by atoms with E-state index in [2.05, 4.69) is 10.4 Å². The summed E-state index contributed by atoms with van der Waals surface area (Å²) in [6, 6.07) is 0. The van der Waals surface area contributed by atoms with Crippen molar-refractivity contribution in [1.82, 2.24) is 10.4 Å². The number of nitrogens with one attached hydrogen (secondary N) is 1. The molecule has 0 spiro atoms. The number of hydrazine groups is 1. The Balaban J connectivity index is 2.29. The zero-order valence-corrected chi connectivity index (χ0v) is 6.73. The number of rotatable bonds is 3. The second-order valence-electron chi connectivity index (χ2n) is 1.99. The Hall–Kier alpha value is -0.940. The predicted molar refractivity (Wildman–Crippen MR) is 42.8 cm³/mol. The summed E-state index contributed by atoms with van der Waals surface area (Å²) in [4.78, 5) is 14.7. The standard InChI is InChI=1S/C6H9N3OS/c7-9-5(10)1-2-6-8-3-4-11-6/h3-4H,1-2,7H2,(H,9,10). The number of amides is 1. The Bertz CT molecular complexity index is 222. The molecule has 5 heteroatoms. The largest absolute Gasteiger partial charge is 0.294 e. The van der Waals surface area contributed by atoms with Crippen molar-refractivity contribution in [3.63, 3.8) is 0 Å².